The number of carbonyl (C=O) groups excluding carboxylic acids is 4. The Balaban J connectivity index is 1.15. The van der Waals surface area contributed by atoms with Crippen LogP contribution in [0.1, 0.15) is 89.6 Å². The number of aromatic nitrogens is 1. The van der Waals surface area contributed by atoms with E-state index in [1.807, 2.05) is 11.8 Å². The summed E-state index contributed by atoms with van der Waals surface area (Å²) in [5.74, 6) is -0.717. The van der Waals surface area contributed by atoms with Gasteiger partial charge in [0.25, 0.3) is 5.91 Å². The summed E-state index contributed by atoms with van der Waals surface area (Å²) in [6.45, 7) is 5.55. The molecule has 3 N–H and O–H groups in total. The van der Waals surface area contributed by atoms with Crippen LogP contribution in [-0.4, -0.2) is 102 Å². The third-order valence-electron chi connectivity index (χ3n) is 10.1. The summed E-state index contributed by atoms with van der Waals surface area (Å²) < 4.78 is 18.8. The molecule has 0 radical (unpaired) electrons. The van der Waals surface area contributed by atoms with Crippen LogP contribution >= 0.6 is 11.3 Å². The average Bonchev–Trinajstić information content (AvgIpc) is 3.67. The van der Waals surface area contributed by atoms with Crippen molar-refractivity contribution in [2.45, 2.75) is 101 Å². The number of halogens is 1. The van der Waals surface area contributed by atoms with Gasteiger partial charge in [-0.1, -0.05) is 0 Å². The molecule has 3 saturated heterocycles. The van der Waals surface area contributed by atoms with Crippen molar-refractivity contribution in [2.24, 2.45) is 0 Å². The van der Waals surface area contributed by atoms with Gasteiger partial charge in [-0.2, -0.15) is 0 Å². The molecule has 260 valence electrons. The number of benzene rings is 1. The molecule has 13 heteroatoms. The van der Waals surface area contributed by atoms with Gasteiger partial charge >= 0.3 is 0 Å². The van der Waals surface area contributed by atoms with E-state index in [2.05, 4.69) is 16.0 Å². The monoisotopic (exact) mass is 682 g/mol. The van der Waals surface area contributed by atoms with E-state index < -0.39 is 17.9 Å². The predicted molar refractivity (Wildman–Crippen MR) is 179 cm³/mol. The number of amides is 4. The molecule has 0 unspecified atom stereocenters. The highest BCUT2D eigenvalue weighted by molar-refractivity contribution is 7.11. The van der Waals surface area contributed by atoms with Crippen molar-refractivity contribution in [1.82, 2.24) is 30.7 Å². The van der Waals surface area contributed by atoms with E-state index >= 15 is 0 Å². The molecular weight excluding hydrogens is 635 g/mol. The van der Waals surface area contributed by atoms with Crippen molar-refractivity contribution < 1.29 is 28.3 Å². The predicted octanol–water partition coefficient (Wildman–Crippen LogP) is 3.07. The van der Waals surface area contributed by atoms with Gasteiger partial charge in [0.15, 0.2) is 0 Å². The largest absolute Gasteiger partial charge is 0.381 e. The van der Waals surface area contributed by atoms with Crippen molar-refractivity contribution in [1.29, 1.82) is 0 Å². The van der Waals surface area contributed by atoms with Crippen molar-refractivity contribution in [3.8, 4) is 0 Å². The lowest BCUT2D eigenvalue weighted by atomic mass is 9.96. The minimum Gasteiger partial charge on any atom is -0.381 e. The van der Waals surface area contributed by atoms with Crippen LogP contribution in [0.25, 0.3) is 0 Å². The van der Waals surface area contributed by atoms with Crippen LogP contribution in [0.15, 0.2) is 24.3 Å². The van der Waals surface area contributed by atoms with E-state index in [9.17, 15) is 23.6 Å². The Morgan fingerprint density at radius 1 is 1.06 bits per heavy atom. The first-order valence-electron chi connectivity index (χ1n) is 17.4. The Hall–Kier alpha value is -3.42. The van der Waals surface area contributed by atoms with Crippen LogP contribution in [0.4, 0.5) is 4.39 Å². The van der Waals surface area contributed by atoms with Gasteiger partial charge in [0, 0.05) is 80.3 Å². The van der Waals surface area contributed by atoms with E-state index in [-0.39, 0.29) is 48.4 Å². The number of piperidine rings is 1. The van der Waals surface area contributed by atoms with Gasteiger partial charge in [-0.3, -0.25) is 19.2 Å². The number of hydrogen-bond donors (Lipinski definition) is 3. The molecule has 1 aromatic carbocycles. The van der Waals surface area contributed by atoms with Gasteiger partial charge in [0.2, 0.25) is 17.7 Å². The average molecular weight is 683 g/mol. The Labute approximate surface area is 285 Å². The number of unbranched alkanes of at least 4 members (excludes halogenated alkanes) is 1. The molecule has 2 aromatic rings. The van der Waals surface area contributed by atoms with Gasteiger partial charge in [0.1, 0.15) is 11.9 Å². The highest BCUT2D eigenvalue weighted by Gasteiger charge is 2.43. The van der Waals surface area contributed by atoms with Gasteiger partial charge < -0.3 is 30.5 Å². The normalized spacial score (nSPS) is 25.7. The minimum absolute atomic E-state index is 0.0126. The molecule has 6 heterocycles. The highest BCUT2D eigenvalue weighted by atomic mass is 32.1. The summed E-state index contributed by atoms with van der Waals surface area (Å²) in [4.78, 5) is 63.5. The summed E-state index contributed by atoms with van der Waals surface area (Å²) in [5.41, 5.74) is 1.16. The highest BCUT2D eigenvalue weighted by Crippen LogP contribution is 2.34. The molecule has 5 aliphatic heterocycles. The molecule has 3 atom stereocenters. The number of rotatable bonds is 8. The minimum atomic E-state index is -0.536. The van der Waals surface area contributed by atoms with Gasteiger partial charge in [-0.05, 0) is 82.6 Å². The zero-order valence-corrected chi connectivity index (χ0v) is 28.5. The molecule has 0 aliphatic carbocycles. The molecule has 0 saturated carbocycles. The molecule has 0 spiro atoms. The number of ether oxygens (including phenoxy) is 1. The van der Waals surface area contributed by atoms with Gasteiger partial charge in [0.05, 0.1) is 17.1 Å². The lowest BCUT2D eigenvalue weighted by Gasteiger charge is -2.35. The van der Waals surface area contributed by atoms with E-state index in [1.54, 1.807) is 16.2 Å². The quantitative estimate of drug-likeness (QED) is 0.365. The summed E-state index contributed by atoms with van der Waals surface area (Å²) >= 11 is 1.64. The second-order valence-corrected chi connectivity index (χ2v) is 14.8. The number of fused-ring (bicyclic) bond motifs is 7. The molecule has 5 aliphatic rings. The Morgan fingerprint density at radius 2 is 1.81 bits per heavy atom. The van der Waals surface area contributed by atoms with E-state index in [0.717, 1.165) is 41.3 Å². The third kappa shape index (κ3) is 8.59. The zero-order chi connectivity index (χ0) is 33.6. The van der Waals surface area contributed by atoms with E-state index in [0.29, 0.717) is 76.7 Å². The molecule has 7 rings (SSSR count). The Kier molecular flexibility index (Phi) is 11.4. The number of aryl methyl sites for hydroxylation is 1. The second kappa shape index (κ2) is 15.9. The first-order chi connectivity index (χ1) is 23.2. The number of nitrogens with zero attached hydrogens (tertiary/aromatic N) is 3. The smallest absolute Gasteiger partial charge is 0.251 e. The fraction of sp³-hybridized carbons (Fsp3) is 0.629. The van der Waals surface area contributed by atoms with Crippen molar-refractivity contribution in [3.05, 3.63) is 51.2 Å². The zero-order valence-electron chi connectivity index (χ0n) is 27.7. The maximum absolute atomic E-state index is 14.1. The topological polar surface area (TPSA) is 133 Å². The standard InChI is InChI=1S/C35H47FN6O5S/c1-22-29-20-31(43)39-27(4-2-3-13-37-33(45)23-5-7-25(36)8-6-23)19-32(44)42-21-28(38-26-11-16-47-17-12-26)18-30(42)35(46)41-14-9-24(10-15-41)34(40-29)48-22/h5-8,24,26-28,30,38H,2-4,9-21H2,1H3,(H,37,45)(H,39,43)/t27-,28-,30-/m0/s1. The summed E-state index contributed by atoms with van der Waals surface area (Å²) in [7, 11) is 0. The number of nitrogens with one attached hydrogen (secondary N) is 3. The van der Waals surface area contributed by atoms with Crippen LogP contribution in [0, 0.1) is 12.7 Å². The molecule has 48 heavy (non-hydrogen) atoms. The maximum Gasteiger partial charge on any atom is 0.251 e. The Bertz CT molecular complexity index is 1460. The van der Waals surface area contributed by atoms with Crippen LogP contribution in [-0.2, 0) is 25.5 Å². The van der Waals surface area contributed by atoms with Crippen LogP contribution in [0.3, 0.4) is 0 Å². The van der Waals surface area contributed by atoms with Crippen LogP contribution < -0.4 is 16.0 Å². The number of thiazole rings is 1. The molecule has 4 bridgehead atoms. The van der Waals surface area contributed by atoms with Crippen molar-refractivity contribution >= 4 is 35.0 Å². The molecule has 3 fully saturated rings. The molecule has 11 nitrogen and oxygen atoms in total. The summed E-state index contributed by atoms with van der Waals surface area (Å²) in [5, 5.41) is 10.7. The Morgan fingerprint density at radius 3 is 2.56 bits per heavy atom. The summed E-state index contributed by atoms with van der Waals surface area (Å²) in [6, 6.07) is 4.74. The number of carbonyl (C=O) groups is 4. The fourth-order valence-electron chi connectivity index (χ4n) is 7.42. The third-order valence-corrected chi connectivity index (χ3v) is 11.3. The van der Waals surface area contributed by atoms with Crippen molar-refractivity contribution in [2.75, 3.05) is 39.4 Å². The van der Waals surface area contributed by atoms with E-state index in [1.165, 1.54) is 24.3 Å². The molecule has 1 aromatic heterocycles. The van der Waals surface area contributed by atoms with Crippen molar-refractivity contribution in [3.63, 3.8) is 0 Å². The van der Waals surface area contributed by atoms with Gasteiger partial charge in [-0.15, -0.1) is 11.3 Å². The second-order valence-electron chi connectivity index (χ2n) is 13.6. The lowest BCUT2D eigenvalue weighted by molar-refractivity contribution is -0.145. The van der Waals surface area contributed by atoms with Gasteiger partial charge in [-0.25, -0.2) is 9.37 Å². The lowest BCUT2D eigenvalue weighted by Crippen LogP contribution is -2.51. The SMILES string of the molecule is Cc1sc2nc1CC(=O)N[C@@H](CCCCNC(=O)c1ccc(F)cc1)CC(=O)N1C[C@@H](NC3CCOCC3)C[C@H]1C(=O)N1CCC2CC1. The molecular formula is C35H47FN6O5S. The first kappa shape index (κ1) is 34.4. The van der Waals surface area contributed by atoms with Crippen LogP contribution in [0.2, 0.25) is 0 Å². The van der Waals surface area contributed by atoms with Crippen LogP contribution in [0.5, 0.6) is 0 Å². The summed E-state index contributed by atoms with van der Waals surface area (Å²) in [6.07, 6.45) is 6.11. The maximum atomic E-state index is 14.1. The first-order valence-corrected chi connectivity index (χ1v) is 18.3. The molecule has 4 amide bonds. The van der Waals surface area contributed by atoms with E-state index in [4.69, 9.17) is 9.72 Å². The number of hydrogen-bond acceptors (Lipinski definition) is 8. The fourth-order valence-corrected chi connectivity index (χ4v) is 8.52.